The van der Waals surface area contributed by atoms with Gasteiger partial charge in [0.15, 0.2) is 6.10 Å². The Hall–Kier alpha value is -2.25. The van der Waals surface area contributed by atoms with E-state index in [9.17, 15) is 13.2 Å². The maximum Gasteiger partial charge on any atom is 0.267 e. The van der Waals surface area contributed by atoms with Gasteiger partial charge in [-0.15, -0.1) is 0 Å². The number of fused-ring (bicyclic) bond motifs is 1. The zero-order valence-corrected chi connectivity index (χ0v) is 16.0. The number of nitrogens with zero attached hydrogens (tertiary/aromatic N) is 1. The predicted octanol–water partition coefficient (Wildman–Crippen LogP) is 3.07. The molecule has 8 heteroatoms. The van der Waals surface area contributed by atoms with Gasteiger partial charge in [0.25, 0.3) is 5.91 Å². The van der Waals surface area contributed by atoms with Crippen molar-refractivity contribution in [2.45, 2.75) is 19.4 Å². The van der Waals surface area contributed by atoms with Crippen molar-refractivity contribution in [2.24, 2.45) is 0 Å². The van der Waals surface area contributed by atoms with Gasteiger partial charge in [0, 0.05) is 10.7 Å². The first-order valence-electron chi connectivity index (χ1n) is 8.11. The number of rotatable bonds is 4. The van der Waals surface area contributed by atoms with Crippen LogP contribution in [0.1, 0.15) is 12.5 Å². The molecule has 1 atom stereocenters. The van der Waals surface area contributed by atoms with E-state index < -0.39 is 22.0 Å². The van der Waals surface area contributed by atoms with Crippen molar-refractivity contribution in [1.82, 2.24) is 0 Å². The van der Waals surface area contributed by atoms with Gasteiger partial charge >= 0.3 is 0 Å². The second-order valence-electron chi connectivity index (χ2n) is 6.05. The monoisotopic (exact) mass is 394 g/mol. The van der Waals surface area contributed by atoms with E-state index in [1.54, 1.807) is 12.1 Å². The van der Waals surface area contributed by atoms with E-state index in [0.717, 1.165) is 22.5 Å². The number of ether oxygens (including phenoxy) is 1. The van der Waals surface area contributed by atoms with E-state index in [4.69, 9.17) is 16.3 Å². The van der Waals surface area contributed by atoms with Crippen LogP contribution in [-0.4, -0.2) is 33.2 Å². The molecule has 2 aromatic carbocycles. The number of nitrogens with one attached hydrogen (secondary N) is 1. The van der Waals surface area contributed by atoms with E-state index >= 15 is 0 Å². The van der Waals surface area contributed by atoms with Crippen molar-refractivity contribution in [1.29, 1.82) is 0 Å². The van der Waals surface area contributed by atoms with E-state index in [1.807, 2.05) is 31.2 Å². The second-order valence-corrected chi connectivity index (χ2v) is 8.40. The Labute approximate surface area is 157 Å². The Morgan fingerprint density at radius 2 is 1.96 bits per heavy atom. The number of hydrogen-bond donors (Lipinski definition) is 1. The molecule has 3 rings (SSSR count). The van der Waals surface area contributed by atoms with E-state index in [-0.39, 0.29) is 6.54 Å². The summed E-state index contributed by atoms with van der Waals surface area (Å²) in [5.74, 6) is -0.115. The quantitative estimate of drug-likeness (QED) is 0.864. The fourth-order valence-corrected chi connectivity index (χ4v) is 3.79. The Morgan fingerprint density at radius 1 is 1.27 bits per heavy atom. The molecule has 0 saturated heterocycles. The van der Waals surface area contributed by atoms with Crippen LogP contribution in [0.15, 0.2) is 42.5 Å². The van der Waals surface area contributed by atoms with Gasteiger partial charge in [-0.3, -0.25) is 9.10 Å². The third kappa shape index (κ3) is 3.94. The highest BCUT2D eigenvalue weighted by Crippen LogP contribution is 2.37. The van der Waals surface area contributed by atoms with Crippen LogP contribution in [0.5, 0.6) is 5.75 Å². The van der Waals surface area contributed by atoms with Crippen molar-refractivity contribution in [2.75, 3.05) is 22.4 Å². The Kier molecular flexibility index (Phi) is 5.11. The van der Waals surface area contributed by atoms with Crippen LogP contribution in [-0.2, 0) is 21.2 Å². The highest BCUT2D eigenvalue weighted by Gasteiger charge is 2.35. The van der Waals surface area contributed by atoms with Crippen molar-refractivity contribution in [3.8, 4) is 5.75 Å². The number of amides is 1. The van der Waals surface area contributed by atoms with Gasteiger partial charge in [0.1, 0.15) is 5.75 Å². The fraction of sp³-hybridized carbons (Fsp3) is 0.278. The summed E-state index contributed by atoms with van der Waals surface area (Å²) in [4.78, 5) is 12.6. The smallest absolute Gasteiger partial charge is 0.267 e. The number of aryl methyl sites for hydroxylation is 1. The number of carbonyl (C=O) groups excluding carboxylic acids is 1. The summed E-state index contributed by atoms with van der Waals surface area (Å²) in [6, 6.07) is 12.1. The fourth-order valence-electron chi connectivity index (χ4n) is 2.72. The minimum Gasteiger partial charge on any atom is -0.476 e. The average molecular weight is 395 g/mol. The number of anilines is 2. The van der Waals surface area contributed by atoms with Crippen LogP contribution >= 0.6 is 11.6 Å². The third-order valence-corrected chi connectivity index (χ3v) is 5.49. The van der Waals surface area contributed by atoms with Gasteiger partial charge < -0.3 is 10.1 Å². The summed E-state index contributed by atoms with van der Waals surface area (Å²) < 4.78 is 31.2. The molecule has 0 saturated carbocycles. The molecular formula is C18H19ClN2O4S. The molecule has 0 radical (unpaired) electrons. The zero-order valence-electron chi connectivity index (χ0n) is 14.4. The zero-order chi connectivity index (χ0) is 18.9. The van der Waals surface area contributed by atoms with Crippen molar-refractivity contribution in [3.63, 3.8) is 0 Å². The van der Waals surface area contributed by atoms with Gasteiger partial charge in [-0.2, -0.15) is 0 Å². The molecule has 0 spiro atoms. The molecule has 1 amide bonds. The van der Waals surface area contributed by atoms with Crippen LogP contribution in [0.2, 0.25) is 5.02 Å². The van der Waals surface area contributed by atoms with Crippen molar-refractivity contribution in [3.05, 3.63) is 53.1 Å². The summed E-state index contributed by atoms with van der Waals surface area (Å²) in [6.07, 6.45) is 1.02. The SMILES string of the molecule is CCc1ccc(NC(=O)C2CN(S(C)(=O)=O)c3cc(Cl)ccc3O2)cc1. The summed E-state index contributed by atoms with van der Waals surface area (Å²) in [5, 5.41) is 3.15. The Morgan fingerprint density at radius 3 is 2.58 bits per heavy atom. The second kappa shape index (κ2) is 7.17. The van der Waals surface area contributed by atoms with Crippen LogP contribution < -0.4 is 14.4 Å². The van der Waals surface area contributed by atoms with E-state index in [0.29, 0.717) is 22.1 Å². The number of sulfonamides is 1. The average Bonchev–Trinajstić information content (AvgIpc) is 2.60. The molecule has 6 nitrogen and oxygen atoms in total. The van der Waals surface area contributed by atoms with Crippen LogP contribution in [0.3, 0.4) is 0 Å². The Balaban J connectivity index is 1.84. The summed E-state index contributed by atoms with van der Waals surface area (Å²) in [7, 11) is -3.59. The predicted molar refractivity (Wildman–Crippen MR) is 103 cm³/mol. The number of benzene rings is 2. The number of hydrogen-bond acceptors (Lipinski definition) is 4. The van der Waals surface area contributed by atoms with Gasteiger partial charge in [-0.05, 0) is 42.3 Å². The van der Waals surface area contributed by atoms with Gasteiger partial charge in [-0.1, -0.05) is 30.7 Å². The van der Waals surface area contributed by atoms with Crippen molar-refractivity contribution < 1.29 is 17.9 Å². The van der Waals surface area contributed by atoms with Gasteiger partial charge in [-0.25, -0.2) is 8.42 Å². The lowest BCUT2D eigenvalue weighted by atomic mass is 10.1. The first-order chi connectivity index (χ1) is 12.3. The molecule has 2 aromatic rings. The van der Waals surface area contributed by atoms with E-state index in [1.165, 1.54) is 6.07 Å². The maximum atomic E-state index is 12.6. The van der Waals surface area contributed by atoms with Crippen molar-refractivity contribution >= 4 is 38.9 Å². The summed E-state index contributed by atoms with van der Waals surface area (Å²) in [6.45, 7) is 1.93. The molecule has 0 bridgehead atoms. The summed E-state index contributed by atoms with van der Waals surface area (Å²) >= 11 is 5.97. The van der Waals surface area contributed by atoms with Gasteiger partial charge in [0.05, 0.1) is 18.5 Å². The minimum atomic E-state index is -3.59. The van der Waals surface area contributed by atoms with Crippen LogP contribution in [0.4, 0.5) is 11.4 Å². The van der Waals surface area contributed by atoms with Crippen LogP contribution in [0, 0.1) is 0 Å². The molecule has 1 heterocycles. The molecular weight excluding hydrogens is 376 g/mol. The lowest BCUT2D eigenvalue weighted by molar-refractivity contribution is -0.122. The standard InChI is InChI=1S/C18H19ClN2O4S/c1-3-12-4-7-14(8-5-12)20-18(22)17-11-21(26(2,23)24)15-10-13(19)6-9-16(15)25-17/h4-10,17H,3,11H2,1-2H3,(H,20,22). The summed E-state index contributed by atoms with van der Waals surface area (Å²) in [5.41, 5.74) is 2.12. The number of halogens is 1. The molecule has 0 aromatic heterocycles. The topological polar surface area (TPSA) is 75.7 Å². The van der Waals surface area contributed by atoms with Crippen LogP contribution in [0.25, 0.3) is 0 Å². The molecule has 1 N–H and O–H groups in total. The Bertz CT molecular complexity index is 929. The molecule has 0 fully saturated rings. The molecule has 1 aliphatic rings. The molecule has 0 aliphatic carbocycles. The largest absolute Gasteiger partial charge is 0.476 e. The minimum absolute atomic E-state index is 0.120. The first kappa shape index (κ1) is 18.5. The lowest BCUT2D eigenvalue weighted by Crippen LogP contribution is -2.48. The molecule has 1 aliphatic heterocycles. The lowest BCUT2D eigenvalue weighted by Gasteiger charge is -2.34. The third-order valence-electron chi connectivity index (χ3n) is 4.11. The highest BCUT2D eigenvalue weighted by molar-refractivity contribution is 7.92. The molecule has 138 valence electrons. The van der Waals surface area contributed by atoms with Gasteiger partial charge in [0.2, 0.25) is 10.0 Å². The number of carbonyl (C=O) groups is 1. The molecule has 26 heavy (non-hydrogen) atoms. The normalized spacial score (nSPS) is 16.6. The maximum absolute atomic E-state index is 12.6. The molecule has 1 unspecified atom stereocenters. The van der Waals surface area contributed by atoms with E-state index in [2.05, 4.69) is 5.32 Å². The first-order valence-corrected chi connectivity index (χ1v) is 10.3. The highest BCUT2D eigenvalue weighted by atomic mass is 35.5.